The SMILES string of the molecule is COC(=O)CCCCC(=O)ON(C)C(=O)c1ccccc1C=O. The molecule has 0 atom stereocenters. The van der Waals surface area contributed by atoms with Crippen LogP contribution in [0.3, 0.4) is 0 Å². The Labute approximate surface area is 134 Å². The fourth-order valence-corrected chi connectivity index (χ4v) is 1.84. The second-order valence-corrected chi connectivity index (χ2v) is 4.75. The van der Waals surface area contributed by atoms with Crippen molar-refractivity contribution in [3.05, 3.63) is 35.4 Å². The Kier molecular flexibility index (Phi) is 7.45. The van der Waals surface area contributed by atoms with E-state index in [1.54, 1.807) is 12.1 Å². The van der Waals surface area contributed by atoms with Crippen molar-refractivity contribution in [1.29, 1.82) is 0 Å². The van der Waals surface area contributed by atoms with Crippen molar-refractivity contribution in [2.24, 2.45) is 0 Å². The van der Waals surface area contributed by atoms with E-state index in [9.17, 15) is 19.2 Å². The number of hydrogen-bond donors (Lipinski definition) is 0. The van der Waals surface area contributed by atoms with Gasteiger partial charge >= 0.3 is 11.9 Å². The molecule has 0 spiro atoms. The van der Waals surface area contributed by atoms with Crippen molar-refractivity contribution in [2.45, 2.75) is 25.7 Å². The molecule has 0 fully saturated rings. The Morgan fingerprint density at radius 3 is 2.30 bits per heavy atom. The minimum Gasteiger partial charge on any atom is -0.469 e. The summed E-state index contributed by atoms with van der Waals surface area (Å²) < 4.78 is 4.49. The number of esters is 1. The smallest absolute Gasteiger partial charge is 0.332 e. The van der Waals surface area contributed by atoms with E-state index < -0.39 is 11.9 Å². The number of unbranched alkanes of at least 4 members (excludes halogenated alkanes) is 1. The van der Waals surface area contributed by atoms with Gasteiger partial charge in [0.1, 0.15) is 0 Å². The van der Waals surface area contributed by atoms with Crippen LogP contribution in [-0.4, -0.2) is 43.4 Å². The molecule has 0 radical (unpaired) electrons. The molecule has 0 bridgehead atoms. The molecule has 0 saturated carbocycles. The van der Waals surface area contributed by atoms with Crippen LogP contribution in [0.1, 0.15) is 46.4 Å². The normalized spacial score (nSPS) is 9.83. The molecule has 1 aromatic carbocycles. The summed E-state index contributed by atoms with van der Waals surface area (Å²) in [6.07, 6.45) is 1.80. The van der Waals surface area contributed by atoms with Crippen molar-refractivity contribution in [3.63, 3.8) is 0 Å². The van der Waals surface area contributed by atoms with Gasteiger partial charge in [-0.25, -0.2) is 4.79 Å². The second-order valence-electron chi connectivity index (χ2n) is 4.75. The number of rotatable bonds is 7. The average molecular weight is 321 g/mol. The van der Waals surface area contributed by atoms with Crippen LogP contribution in [0.2, 0.25) is 0 Å². The summed E-state index contributed by atoms with van der Waals surface area (Å²) in [4.78, 5) is 50.6. The fourth-order valence-electron chi connectivity index (χ4n) is 1.84. The van der Waals surface area contributed by atoms with Crippen molar-refractivity contribution >= 4 is 24.1 Å². The van der Waals surface area contributed by atoms with E-state index in [1.807, 2.05) is 0 Å². The van der Waals surface area contributed by atoms with Gasteiger partial charge in [0.2, 0.25) is 0 Å². The van der Waals surface area contributed by atoms with Crippen LogP contribution in [0.25, 0.3) is 0 Å². The number of amides is 1. The Hall–Kier alpha value is -2.70. The van der Waals surface area contributed by atoms with E-state index in [1.165, 1.54) is 26.3 Å². The third kappa shape index (κ3) is 5.90. The van der Waals surface area contributed by atoms with Crippen molar-refractivity contribution in [1.82, 2.24) is 5.06 Å². The number of benzene rings is 1. The van der Waals surface area contributed by atoms with Crippen LogP contribution in [0, 0.1) is 0 Å². The van der Waals surface area contributed by atoms with Crippen LogP contribution in [0.5, 0.6) is 0 Å². The Morgan fingerprint density at radius 2 is 1.70 bits per heavy atom. The molecule has 23 heavy (non-hydrogen) atoms. The molecule has 0 aromatic heterocycles. The van der Waals surface area contributed by atoms with Crippen LogP contribution < -0.4 is 0 Å². The first-order valence-corrected chi connectivity index (χ1v) is 7.09. The van der Waals surface area contributed by atoms with Crippen LogP contribution in [-0.2, 0) is 19.2 Å². The third-order valence-corrected chi connectivity index (χ3v) is 3.08. The third-order valence-electron chi connectivity index (χ3n) is 3.08. The van der Waals surface area contributed by atoms with Crippen LogP contribution in [0.15, 0.2) is 24.3 Å². The first-order chi connectivity index (χ1) is 11.0. The molecule has 7 nitrogen and oxygen atoms in total. The van der Waals surface area contributed by atoms with E-state index in [2.05, 4.69) is 4.74 Å². The molecule has 0 aliphatic rings. The maximum atomic E-state index is 12.1. The van der Waals surface area contributed by atoms with E-state index in [0.717, 1.165) is 5.06 Å². The largest absolute Gasteiger partial charge is 0.469 e. The Balaban J connectivity index is 2.47. The van der Waals surface area contributed by atoms with Gasteiger partial charge in [0.05, 0.1) is 12.7 Å². The predicted octanol–water partition coefficient (Wildman–Crippen LogP) is 1.76. The molecular weight excluding hydrogens is 302 g/mol. The lowest BCUT2D eigenvalue weighted by Gasteiger charge is -2.17. The van der Waals surface area contributed by atoms with Gasteiger partial charge in [-0.05, 0) is 18.9 Å². The summed E-state index contributed by atoms with van der Waals surface area (Å²) in [5.41, 5.74) is 0.377. The summed E-state index contributed by atoms with van der Waals surface area (Å²) in [5, 5.41) is 0.797. The number of carbonyl (C=O) groups is 4. The maximum absolute atomic E-state index is 12.1. The minimum absolute atomic E-state index is 0.0734. The van der Waals surface area contributed by atoms with Gasteiger partial charge in [0.15, 0.2) is 6.29 Å². The molecule has 0 aliphatic carbocycles. The molecule has 124 valence electrons. The Morgan fingerprint density at radius 1 is 1.09 bits per heavy atom. The van der Waals surface area contributed by atoms with Gasteiger partial charge in [-0.2, -0.15) is 5.06 Å². The lowest BCUT2D eigenvalue weighted by atomic mass is 10.1. The zero-order valence-electron chi connectivity index (χ0n) is 13.1. The molecule has 0 aliphatic heterocycles. The van der Waals surface area contributed by atoms with Gasteiger partial charge in [-0.15, -0.1) is 0 Å². The van der Waals surface area contributed by atoms with E-state index in [0.29, 0.717) is 19.1 Å². The summed E-state index contributed by atoms with van der Waals surface area (Å²) in [6.45, 7) is 0. The Bertz CT molecular complexity index is 584. The van der Waals surface area contributed by atoms with Gasteiger partial charge < -0.3 is 9.57 Å². The molecule has 1 aromatic rings. The first-order valence-electron chi connectivity index (χ1n) is 7.09. The number of aldehydes is 1. The van der Waals surface area contributed by atoms with Crippen LogP contribution in [0.4, 0.5) is 0 Å². The number of hydrogen-bond acceptors (Lipinski definition) is 6. The lowest BCUT2D eigenvalue weighted by molar-refractivity contribution is -0.173. The predicted molar refractivity (Wildman–Crippen MR) is 80.5 cm³/mol. The standard InChI is InChI=1S/C16H19NO6/c1-17(16(21)13-8-4-3-7-12(13)11-18)23-15(20)10-6-5-9-14(19)22-2/h3-4,7-8,11H,5-6,9-10H2,1-2H3. The summed E-state index contributed by atoms with van der Waals surface area (Å²) in [7, 11) is 2.60. The lowest BCUT2D eigenvalue weighted by Crippen LogP contribution is -2.30. The summed E-state index contributed by atoms with van der Waals surface area (Å²) in [6, 6.07) is 6.23. The van der Waals surface area contributed by atoms with Crippen molar-refractivity contribution in [2.75, 3.05) is 14.2 Å². The van der Waals surface area contributed by atoms with E-state index in [-0.39, 0.29) is 29.9 Å². The molecular formula is C16H19NO6. The van der Waals surface area contributed by atoms with Gasteiger partial charge in [-0.3, -0.25) is 14.4 Å². The highest BCUT2D eigenvalue weighted by Crippen LogP contribution is 2.10. The van der Waals surface area contributed by atoms with E-state index in [4.69, 9.17) is 4.84 Å². The van der Waals surface area contributed by atoms with Gasteiger partial charge in [0, 0.05) is 25.5 Å². The molecule has 0 unspecified atom stereocenters. The number of nitrogens with zero attached hydrogens (tertiary/aromatic N) is 1. The maximum Gasteiger partial charge on any atom is 0.332 e. The molecule has 0 saturated heterocycles. The highest BCUT2D eigenvalue weighted by molar-refractivity contribution is 6.01. The average Bonchev–Trinajstić information content (AvgIpc) is 2.57. The van der Waals surface area contributed by atoms with Crippen molar-refractivity contribution < 1.29 is 28.8 Å². The number of carbonyl (C=O) groups excluding carboxylic acids is 4. The highest BCUT2D eigenvalue weighted by Gasteiger charge is 2.18. The fraction of sp³-hybridized carbons (Fsp3) is 0.375. The summed E-state index contributed by atoms with van der Waals surface area (Å²) >= 11 is 0. The van der Waals surface area contributed by atoms with Gasteiger partial charge in [0.25, 0.3) is 5.91 Å². The topological polar surface area (TPSA) is 90.0 Å². The summed E-state index contributed by atoms with van der Waals surface area (Å²) in [5.74, 6) is -1.51. The monoisotopic (exact) mass is 321 g/mol. The van der Waals surface area contributed by atoms with E-state index >= 15 is 0 Å². The molecule has 1 rings (SSSR count). The zero-order valence-corrected chi connectivity index (χ0v) is 13.1. The number of ether oxygens (including phenoxy) is 1. The quantitative estimate of drug-likeness (QED) is 0.329. The van der Waals surface area contributed by atoms with Gasteiger partial charge in [-0.1, -0.05) is 18.2 Å². The highest BCUT2D eigenvalue weighted by atomic mass is 16.7. The molecule has 7 heteroatoms. The molecule has 0 heterocycles. The number of methoxy groups -OCH3 is 1. The first kappa shape index (κ1) is 18.3. The molecule has 0 N–H and O–H groups in total. The minimum atomic E-state index is -0.589. The zero-order chi connectivity index (χ0) is 17.2. The van der Waals surface area contributed by atoms with Crippen molar-refractivity contribution in [3.8, 4) is 0 Å². The van der Waals surface area contributed by atoms with Crippen LogP contribution >= 0.6 is 0 Å². The second kappa shape index (κ2) is 9.34. The molecule has 1 amide bonds. The number of hydroxylamine groups is 2.